The van der Waals surface area contributed by atoms with Gasteiger partial charge in [-0.25, -0.2) is 9.97 Å². The van der Waals surface area contributed by atoms with Crippen LogP contribution in [0.4, 0.5) is 5.95 Å². The lowest BCUT2D eigenvalue weighted by molar-refractivity contribution is -0.129. The van der Waals surface area contributed by atoms with Crippen LogP contribution in [0.15, 0.2) is 12.4 Å². The topological polar surface area (TPSA) is 49.3 Å². The average molecular weight is 257 g/mol. The minimum absolute atomic E-state index is 0.108. The van der Waals surface area contributed by atoms with Gasteiger partial charge < -0.3 is 9.80 Å². The standard InChI is InChI=1S/C11H17ClN4O/c1-8(12)10(17)16(4)7-9-5-13-11(14-6-9)15(2)3/h5-6,8H,7H2,1-4H3. The fraction of sp³-hybridized carbons (Fsp3) is 0.545. The van der Waals surface area contributed by atoms with E-state index in [1.165, 1.54) is 0 Å². The van der Waals surface area contributed by atoms with Gasteiger partial charge >= 0.3 is 0 Å². The number of alkyl halides is 1. The van der Waals surface area contributed by atoms with Crippen molar-refractivity contribution in [3.63, 3.8) is 0 Å². The summed E-state index contributed by atoms with van der Waals surface area (Å²) in [6.07, 6.45) is 3.43. The second kappa shape index (κ2) is 5.82. The molecule has 6 heteroatoms. The molecular formula is C11H17ClN4O. The number of nitrogens with zero attached hydrogens (tertiary/aromatic N) is 4. The van der Waals surface area contributed by atoms with Gasteiger partial charge in [-0.15, -0.1) is 11.6 Å². The Bertz CT molecular complexity index is 378. The number of hydrogen-bond acceptors (Lipinski definition) is 4. The molecule has 1 heterocycles. The second-order valence-corrected chi connectivity index (χ2v) is 4.75. The first kappa shape index (κ1) is 13.7. The van der Waals surface area contributed by atoms with Gasteiger partial charge in [-0.2, -0.15) is 0 Å². The van der Waals surface area contributed by atoms with E-state index in [1.807, 2.05) is 19.0 Å². The molecular weight excluding hydrogens is 240 g/mol. The van der Waals surface area contributed by atoms with Crippen molar-refractivity contribution in [2.45, 2.75) is 18.8 Å². The summed E-state index contributed by atoms with van der Waals surface area (Å²) >= 11 is 5.73. The molecule has 1 aromatic rings. The number of anilines is 1. The number of rotatable bonds is 4. The lowest BCUT2D eigenvalue weighted by Gasteiger charge is -2.18. The highest BCUT2D eigenvalue weighted by atomic mass is 35.5. The first-order valence-corrected chi connectivity index (χ1v) is 5.72. The summed E-state index contributed by atoms with van der Waals surface area (Å²) in [5, 5.41) is -0.512. The predicted molar refractivity (Wildman–Crippen MR) is 68.1 cm³/mol. The number of aromatic nitrogens is 2. The summed E-state index contributed by atoms with van der Waals surface area (Å²) < 4.78 is 0. The lowest BCUT2D eigenvalue weighted by Crippen LogP contribution is -2.31. The molecule has 0 saturated heterocycles. The molecule has 0 aromatic carbocycles. The van der Waals surface area contributed by atoms with Gasteiger partial charge in [0.2, 0.25) is 11.9 Å². The second-order valence-electron chi connectivity index (χ2n) is 4.10. The van der Waals surface area contributed by atoms with E-state index in [0.29, 0.717) is 12.5 Å². The highest BCUT2D eigenvalue weighted by Crippen LogP contribution is 2.07. The van der Waals surface area contributed by atoms with Crippen molar-refractivity contribution in [3.05, 3.63) is 18.0 Å². The first-order valence-electron chi connectivity index (χ1n) is 5.29. The molecule has 0 saturated carbocycles. The fourth-order valence-corrected chi connectivity index (χ4v) is 1.48. The Kier molecular flexibility index (Phi) is 4.69. The van der Waals surface area contributed by atoms with Crippen LogP contribution in [0.25, 0.3) is 0 Å². The molecule has 1 rings (SSSR count). The Morgan fingerprint density at radius 3 is 2.29 bits per heavy atom. The van der Waals surface area contributed by atoms with E-state index in [4.69, 9.17) is 11.6 Å². The maximum absolute atomic E-state index is 11.6. The molecule has 0 spiro atoms. The summed E-state index contributed by atoms with van der Waals surface area (Å²) in [6.45, 7) is 2.12. The number of amides is 1. The van der Waals surface area contributed by atoms with Crippen LogP contribution in [-0.4, -0.2) is 47.3 Å². The Balaban J connectivity index is 2.66. The van der Waals surface area contributed by atoms with Gasteiger partial charge in [-0.05, 0) is 6.92 Å². The van der Waals surface area contributed by atoms with Crippen LogP contribution < -0.4 is 4.90 Å². The predicted octanol–water partition coefficient (Wildman–Crippen LogP) is 1.13. The maximum Gasteiger partial charge on any atom is 0.240 e. The molecule has 1 atom stereocenters. The summed E-state index contributed by atoms with van der Waals surface area (Å²) in [4.78, 5) is 23.3. The normalized spacial score (nSPS) is 12.1. The van der Waals surface area contributed by atoms with Gasteiger partial charge in [0.15, 0.2) is 0 Å². The zero-order chi connectivity index (χ0) is 13.0. The van der Waals surface area contributed by atoms with E-state index in [9.17, 15) is 4.79 Å². The summed E-state index contributed by atoms with van der Waals surface area (Å²) in [7, 11) is 5.46. The number of hydrogen-bond donors (Lipinski definition) is 0. The molecule has 0 aliphatic rings. The van der Waals surface area contributed by atoms with Crippen LogP contribution in [0.1, 0.15) is 12.5 Å². The lowest BCUT2D eigenvalue weighted by atomic mass is 10.3. The molecule has 1 unspecified atom stereocenters. The molecule has 0 bridgehead atoms. The van der Waals surface area contributed by atoms with Crippen molar-refractivity contribution < 1.29 is 4.79 Å². The fourth-order valence-electron chi connectivity index (χ4n) is 1.32. The third-order valence-electron chi connectivity index (χ3n) is 2.23. The SMILES string of the molecule is CC(Cl)C(=O)N(C)Cc1cnc(N(C)C)nc1. The van der Waals surface area contributed by atoms with Crippen LogP contribution in [0.3, 0.4) is 0 Å². The smallest absolute Gasteiger partial charge is 0.240 e. The minimum Gasteiger partial charge on any atom is -0.347 e. The quantitative estimate of drug-likeness (QED) is 0.758. The largest absolute Gasteiger partial charge is 0.347 e. The number of halogens is 1. The third kappa shape index (κ3) is 3.85. The highest BCUT2D eigenvalue weighted by molar-refractivity contribution is 6.30. The van der Waals surface area contributed by atoms with Crippen molar-refractivity contribution in [3.8, 4) is 0 Å². The molecule has 1 amide bonds. The monoisotopic (exact) mass is 256 g/mol. The summed E-state index contributed by atoms with van der Waals surface area (Å²) in [6, 6.07) is 0. The van der Waals surface area contributed by atoms with Gasteiger partial charge in [-0.1, -0.05) is 0 Å². The zero-order valence-electron chi connectivity index (χ0n) is 10.5. The molecule has 94 valence electrons. The molecule has 5 nitrogen and oxygen atoms in total. The Labute approximate surface area is 106 Å². The van der Waals surface area contributed by atoms with Gasteiger partial charge in [0.25, 0.3) is 0 Å². The van der Waals surface area contributed by atoms with Crippen LogP contribution >= 0.6 is 11.6 Å². The van der Waals surface area contributed by atoms with Crippen LogP contribution in [0.5, 0.6) is 0 Å². The first-order chi connectivity index (χ1) is 7.91. The van der Waals surface area contributed by atoms with Crippen molar-refractivity contribution >= 4 is 23.5 Å². The molecule has 0 radical (unpaired) electrons. The highest BCUT2D eigenvalue weighted by Gasteiger charge is 2.15. The number of carbonyl (C=O) groups excluding carboxylic acids is 1. The van der Waals surface area contributed by atoms with Crippen molar-refractivity contribution in [1.82, 2.24) is 14.9 Å². The Hall–Kier alpha value is -1.36. The zero-order valence-corrected chi connectivity index (χ0v) is 11.3. The molecule has 0 N–H and O–H groups in total. The van der Waals surface area contributed by atoms with E-state index in [0.717, 1.165) is 5.56 Å². The molecule has 0 fully saturated rings. The molecule has 0 aliphatic heterocycles. The van der Waals surface area contributed by atoms with Crippen LogP contribution in [0.2, 0.25) is 0 Å². The third-order valence-corrected chi connectivity index (χ3v) is 2.41. The van der Waals surface area contributed by atoms with Gasteiger partial charge in [-0.3, -0.25) is 4.79 Å². The van der Waals surface area contributed by atoms with E-state index >= 15 is 0 Å². The Morgan fingerprint density at radius 1 is 1.35 bits per heavy atom. The molecule has 17 heavy (non-hydrogen) atoms. The van der Waals surface area contributed by atoms with Crippen molar-refractivity contribution in [2.75, 3.05) is 26.0 Å². The maximum atomic E-state index is 11.6. The summed E-state index contributed by atoms with van der Waals surface area (Å²) in [5.74, 6) is 0.539. The van der Waals surface area contributed by atoms with Crippen LogP contribution in [0, 0.1) is 0 Å². The van der Waals surface area contributed by atoms with E-state index in [-0.39, 0.29) is 5.91 Å². The summed E-state index contributed by atoms with van der Waals surface area (Å²) in [5.41, 5.74) is 0.878. The van der Waals surface area contributed by atoms with Gasteiger partial charge in [0, 0.05) is 45.6 Å². The minimum atomic E-state index is -0.512. The Morgan fingerprint density at radius 2 is 1.88 bits per heavy atom. The molecule has 1 aromatic heterocycles. The van der Waals surface area contributed by atoms with E-state index in [1.54, 1.807) is 31.3 Å². The van der Waals surface area contributed by atoms with Crippen LogP contribution in [-0.2, 0) is 11.3 Å². The average Bonchev–Trinajstić information content (AvgIpc) is 2.28. The van der Waals surface area contributed by atoms with Gasteiger partial charge in [0.1, 0.15) is 5.38 Å². The molecule has 0 aliphatic carbocycles. The van der Waals surface area contributed by atoms with E-state index < -0.39 is 5.38 Å². The van der Waals surface area contributed by atoms with Crippen molar-refractivity contribution in [2.24, 2.45) is 0 Å². The number of carbonyl (C=O) groups is 1. The van der Waals surface area contributed by atoms with Crippen molar-refractivity contribution in [1.29, 1.82) is 0 Å². The van der Waals surface area contributed by atoms with Gasteiger partial charge in [0.05, 0.1) is 0 Å². The van der Waals surface area contributed by atoms with E-state index in [2.05, 4.69) is 9.97 Å².